The minimum absolute atomic E-state index is 0.326. The zero-order valence-corrected chi connectivity index (χ0v) is 10.9. The minimum atomic E-state index is -0.935. The number of piperidine rings is 1. The highest BCUT2D eigenvalue weighted by molar-refractivity contribution is 5.82. The zero-order chi connectivity index (χ0) is 13.8. The van der Waals surface area contributed by atoms with Gasteiger partial charge >= 0.3 is 12.0 Å². The van der Waals surface area contributed by atoms with Crippen molar-refractivity contribution >= 4 is 12.0 Å². The molecule has 1 saturated heterocycles. The highest BCUT2D eigenvalue weighted by Crippen LogP contribution is 2.17. The third-order valence-electron chi connectivity index (χ3n) is 3.39. The Balaban J connectivity index is 1.94. The highest BCUT2D eigenvalue weighted by Gasteiger charge is 2.31. The van der Waals surface area contributed by atoms with Crippen LogP contribution < -0.4 is 5.32 Å². The Labute approximate surface area is 111 Å². The van der Waals surface area contributed by atoms with Gasteiger partial charge in [-0.2, -0.15) is 5.10 Å². The molecule has 1 aromatic heterocycles. The van der Waals surface area contributed by atoms with Crippen LogP contribution in [0.1, 0.15) is 25.0 Å². The van der Waals surface area contributed by atoms with E-state index >= 15 is 0 Å². The number of carboxylic acid groups (broad SMARTS) is 1. The van der Waals surface area contributed by atoms with Crippen LogP contribution in [-0.4, -0.2) is 44.4 Å². The molecule has 104 valence electrons. The second kappa shape index (κ2) is 5.73. The normalized spacial score (nSPS) is 19.2. The number of hydrogen-bond donors (Lipinski definition) is 2. The molecular weight excluding hydrogens is 248 g/mol. The molecule has 2 rings (SSSR count). The number of amides is 2. The SMILES string of the molecule is Cn1nccc1CNC(=O)N1CCCCC1C(=O)O. The lowest BCUT2D eigenvalue weighted by atomic mass is 10.0. The summed E-state index contributed by atoms with van der Waals surface area (Å²) in [5, 5.41) is 15.9. The van der Waals surface area contributed by atoms with E-state index < -0.39 is 12.0 Å². The maximum atomic E-state index is 12.0. The quantitative estimate of drug-likeness (QED) is 0.837. The average molecular weight is 266 g/mol. The van der Waals surface area contributed by atoms with Crippen molar-refractivity contribution in [3.8, 4) is 0 Å². The topological polar surface area (TPSA) is 87.5 Å². The third-order valence-corrected chi connectivity index (χ3v) is 3.39. The third kappa shape index (κ3) is 3.04. The number of rotatable bonds is 3. The molecule has 0 aromatic carbocycles. The van der Waals surface area contributed by atoms with Gasteiger partial charge in [-0.25, -0.2) is 9.59 Å². The summed E-state index contributed by atoms with van der Waals surface area (Å²) < 4.78 is 1.67. The number of nitrogens with one attached hydrogen (secondary N) is 1. The summed E-state index contributed by atoms with van der Waals surface area (Å²) >= 11 is 0. The number of aliphatic carboxylic acids is 1. The first kappa shape index (κ1) is 13.4. The summed E-state index contributed by atoms with van der Waals surface area (Å²) in [4.78, 5) is 24.6. The predicted octanol–water partition coefficient (Wildman–Crippen LogP) is 0.569. The van der Waals surface area contributed by atoms with Gasteiger partial charge in [-0.3, -0.25) is 4.68 Å². The minimum Gasteiger partial charge on any atom is -0.480 e. The second-order valence-corrected chi connectivity index (χ2v) is 4.65. The van der Waals surface area contributed by atoms with Gasteiger partial charge in [0.2, 0.25) is 0 Å². The fraction of sp³-hybridized carbons (Fsp3) is 0.583. The van der Waals surface area contributed by atoms with Crippen LogP contribution in [0.15, 0.2) is 12.3 Å². The number of carbonyl (C=O) groups is 2. The molecule has 0 aliphatic carbocycles. The lowest BCUT2D eigenvalue weighted by molar-refractivity contribution is -0.143. The van der Waals surface area contributed by atoms with E-state index in [9.17, 15) is 9.59 Å². The van der Waals surface area contributed by atoms with Gasteiger partial charge in [-0.1, -0.05) is 0 Å². The molecule has 1 atom stereocenters. The van der Waals surface area contributed by atoms with Gasteiger partial charge in [-0.15, -0.1) is 0 Å². The summed E-state index contributed by atoms with van der Waals surface area (Å²) in [6.45, 7) is 0.840. The van der Waals surface area contributed by atoms with Crippen LogP contribution in [0.3, 0.4) is 0 Å². The molecule has 7 nitrogen and oxygen atoms in total. The number of aromatic nitrogens is 2. The van der Waals surface area contributed by atoms with Crippen LogP contribution in [0.4, 0.5) is 4.79 Å². The molecule has 0 radical (unpaired) electrons. The molecule has 0 bridgehead atoms. The van der Waals surface area contributed by atoms with Gasteiger partial charge < -0.3 is 15.3 Å². The Kier molecular flexibility index (Phi) is 4.03. The predicted molar refractivity (Wildman–Crippen MR) is 67.4 cm³/mol. The summed E-state index contributed by atoms with van der Waals surface area (Å²) in [5.74, 6) is -0.935. The van der Waals surface area contributed by atoms with E-state index in [1.54, 1.807) is 17.9 Å². The molecule has 2 heterocycles. The van der Waals surface area contributed by atoms with E-state index in [1.807, 2.05) is 6.07 Å². The zero-order valence-electron chi connectivity index (χ0n) is 10.9. The molecule has 2 amide bonds. The Hall–Kier alpha value is -2.05. The van der Waals surface area contributed by atoms with Crippen LogP contribution in [0.5, 0.6) is 0 Å². The van der Waals surface area contributed by atoms with Crippen molar-refractivity contribution in [3.63, 3.8) is 0 Å². The monoisotopic (exact) mass is 266 g/mol. The van der Waals surface area contributed by atoms with Crippen molar-refractivity contribution in [2.24, 2.45) is 7.05 Å². The van der Waals surface area contributed by atoms with E-state index in [0.717, 1.165) is 18.5 Å². The van der Waals surface area contributed by atoms with Gasteiger partial charge in [0.05, 0.1) is 12.2 Å². The summed E-state index contributed by atoms with van der Waals surface area (Å²) in [6.07, 6.45) is 3.88. The molecule has 1 fully saturated rings. The Bertz CT molecular complexity index is 471. The summed E-state index contributed by atoms with van der Waals surface area (Å²) in [5.41, 5.74) is 0.872. The largest absolute Gasteiger partial charge is 0.480 e. The van der Waals surface area contributed by atoms with Gasteiger partial charge in [0.15, 0.2) is 0 Å². The second-order valence-electron chi connectivity index (χ2n) is 4.65. The van der Waals surface area contributed by atoms with Gasteiger partial charge in [-0.05, 0) is 25.3 Å². The highest BCUT2D eigenvalue weighted by atomic mass is 16.4. The van der Waals surface area contributed by atoms with E-state index in [4.69, 9.17) is 5.11 Å². The molecule has 1 aliphatic rings. The van der Waals surface area contributed by atoms with Crippen LogP contribution in [0.2, 0.25) is 0 Å². The van der Waals surface area contributed by atoms with Gasteiger partial charge in [0.1, 0.15) is 6.04 Å². The molecule has 19 heavy (non-hydrogen) atoms. The van der Waals surface area contributed by atoms with Crippen molar-refractivity contribution in [1.29, 1.82) is 0 Å². The lowest BCUT2D eigenvalue weighted by Crippen LogP contribution is -2.51. The molecule has 1 aliphatic heterocycles. The summed E-state index contributed by atoms with van der Waals surface area (Å²) in [7, 11) is 1.79. The standard InChI is InChI=1S/C12H18N4O3/c1-15-9(5-6-14-15)8-13-12(19)16-7-3-2-4-10(16)11(17)18/h5-6,10H,2-4,7-8H2,1H3,(H,13,19)(H,17,18). The van der Waals surface area contributed by atoms with Crippen LogP contribution in [-0.2, 0) is 18.4 Å². The van der Waals surface area contributed by atoms with Gasteiger partial charge in [0.25, 0.3) is 0 Å². The number of hydrogen-bond acceptors (Lipinski definition) is 3. The van der Waals surface area contributed by atoms with E-state index in [2.05, 4.69) is 10.4 Å². The van der Waals surface area contributed by atoms with Crippen molar-refractivity contribution in [2.45, 2.75) is 31.8 Å². The maximum absolute atomic E-state index is 12.0. The molecule has 1 unspecified atom stereocenters. The first-order valence-electron chi connectivity index (χ1n) is 6.33. The molecular formula is C12H18N4O3. The average Bonchev–Trinajstić information content (AvgIpc) is 2.81. The number of aryl methyl sites for hydroxylation is 1. The smallest absolute Gasteiger partial charge is 0.326 e. The molecule has 2 N–H and O–H groups in total. The van der Waals surface area contributed by atoms with E-state index in [-0.39, 0.29) is 6.03 Å². The molecule has 7 heteroatoms. The molecule has 1 aromatic rings. The fourth-order valence-corrected chi connectivity index (χ4v) is 2.27. The van der Waals surface area contributed by atoms with Crippen LogP contribution >= 0.6 is 0 Å². The van der Waals surface area contributed by atoms with Crippen LogP contribution in [0.25, 0.3) is 0 Å². The molecule has 0 spiro atoms. The van der Waals surface area contributed by atoms with Crippen molar-refractivity contribution in [2.75, 3.05) is 6.54 Å². The Morgan fingerprint density at radius 3 is 2.95 bits per heavy atom. The van der Waals surface area contributed by atoms with E-state index in [1.165, 1.54) is 4.90 Å². The number of nitrogens with zero attached hydrogens (tertiary/aromatic N) is 3. The molecule has 0 saturated carbocycles. The Morgan fingerprint density at radius 2 is 2.32 bits per heavy atom. The first-order valence-corrected chi connectivity index (χ1v) is 6.33. The van der Waals surface area contributed by atoms with E-state index in [0.29, 0.717) is 19.5 Å². The van der Waals surface area contributed by atoms with Gasteiger partial charge in [0, 0.05) is 19.8 Å². The van der Waals surface area contributed by atoms with Crippen molar-refractivity contribution in [1.82, 2.24) is 20.0 Å². The fourth-order valence-electron chi connectivity index (χ4n) is 2.27. The maximum Gasteiger partial charge on any atom is 0.326 e. The van der Waals surface area contributed by atoms with Crippen LogP contribution in [0, 0.1) is 0 Å². The number of urea groups is 1. The number of carboxylic acids is 1. The van der Waals surface area contributed by atoms with Crippen molar-refractivity contribution in [3.05, 3.63) is 18.0 Å². The number of carbonyl (C=O) groups excluding carboxylic acids is 1. The van der Waals surface area contributed by atoms with Crippen molar-refractivity contribution < 1.29 is 14.7 Å². The summed E-state index contributed by atoms with van der Waals surface area (Å²) in [6, 6.07) is 0.777. The Morgan fingerprint density at radius 1 is 1.53 bits per heavy atom. The first-order chi connectivity index (χ1) is 9.09. The lowest BCUT2D eigenvalue weighted by Gasteiger charge is -2.32. The number of likely N-dealkylation sites (tertiary alicyclic amines) is 1.